The number of rotatable bonds is 30. The van der Waals surface area contributed by atoms with Gasteiger partial charge in [-0.15, -0.1) is 0 Å². The van der Waals surface area contributed by atoms with Crippen LogP contribution in [0.15, 0.2) is 24.3 Å². The second-order valence-corrected chi connectivity index (χ2v) is 14.0. The number of phosphoric acid groups is 1. The maximum Gasteiger partial charge on any atom is 0.472 e. The van der Waals surface area contributed by atoms with E-state index in [0.717, 1.165) is 32.1 Å². The number of carbonyl (C=O) groups excluding carboxylic acids is 2. The first-order valence-corrected chi connectivity index (χ1v) is 18.6. The Morgan fingerprint density at radius 1 is 0.705 bits per heavy atom. The van der Waals surface area contributed by atoms with Gasteiger partial charge in [0.1, 0.15) is 19.8 Å². The summed E-state index contributed by atoms with van der Waals surface area (Å²) >= 11 is 0. The van der Waals surface area contributed by atoms with Crippen LogP contribution in [-0.4, -0.2) is 74.9 Å². The predicted octanol–water partition coefficient (Wildman–Crippen LogP) is 8.46. The van der Waals surface area contributed by atoms with Crippen LogP contribution in [0.25, 0.3) is 0 Å². The first kappa shape index (κ1) is 42.5. The van der Waals surface area contributed by atoms with E-state index in [-0.39, 0.29) is 26.1 Å². The van der Waals surface area contributed by atoms with Gasteiger partial charge in [0.2, 0.25) is 0 Å². The van der Waals surface area contributed by atoms with Crippen LogP contribution in [0.1, 0.15) is 129 Å². The molecule has 0 aliphatic carbocycles. The third kappa shape index (κ3) is 30.5. The molecule has 0 heterocycles. The van der Waals surface area contributed by atoms with Crippen LogP contribution >= 0.6 is 7.82 Å². The molecule has 9 nitrogen and oxygen atoms in total. The SMILES string of the molecule is CCCCCCCC/C=C/C/C=C/CCC(=O)OC(COC(=O)CCCCCCCCC)COP(=O)(O)OCC[N+](C)(C)C. The first-order valence-electron chi connectivity index (χ1n) is 17.1. The summed E-state index contributed by atoms with van der Waals surface area (Å²) in [5.41, 5.74) is 0. The smallest absolute Gasteiger partial charge is 0.462 e. The molecule has 0 saturated heterocycles. The lowest BCUT2D eigenvalue weighted by Crippen LogP contribution is -2.37. The number of unbranched alkanes of at least 4 members (excludes halogenated alkanes) is 12. The van der Waals surface area contributed by atoms with E-state index in [1.54, 1.807) is 0 Å². The van der Waals surface area contributed by atoms with Gasteiger partial charge >= 0.3 is 19.8 Å². The van der Waals surface area contributed by atoms with Crippen molar-refractivity contribution in [1.82, 2.24) is 0 Å². The van der Waals surface area contributed by atoms with Crippen molar-refractivity contribution >= 4 is 19.8 Å². The van der Waals surface area contributed by atoms with Gasteiger partial charge in [-0.25, -0.2) is 4.57 Å². The molecule has 2 atom stereocenters. The summed E-state index contributed by atoms with van der Waals surface area (Å²) in [7, 11) is 1.44. The van der Waals surface area contributed by atoms with E-state index in [2.05, 4.69) is 26.0 Å². The largest absolute Gasteiger partial charge is 0.472 e. The van der Waals surface area contributed by atoms with Crippen molar-refractivity contribution in [2.45, 2.75) is 136 Å². The van der Waals surface area contributed by atoms with E-state index in [0.29, 0.717) is 17.4 Å². The van der Waals surface area contributed by atoms with Gasteiger partial charge in [-0.2, -0.15) is 0 Å². The summed E-state index contributed by atoms with van der Waals surface area (Å²) in [6, 6.07) is 0. The number of hydrogen-bond donors (Lipinski definition) is 1. The highest BCUT2D eigenvalue weighted by Gasteiger charge is 2.27. The molecule has 0 fully saturated rings. The Kier molecular flexibility index (Phi) is 26.8. The highest BCUT2D eigenvalue weighted by Crippen LogP contribution is 2.43. The Labute approximate surface area is 268 Å². The van der Waals surface area contributed by atoms with Gasteiger partial charge in [-0.1, -0.05) is 109 Å². The number of nitrogens with zero attached hydrogens (tertiary/aromatic N) is 1. The number of esters is 2. The monoisotopic (exact) mass is 646 g/mol. The van der Waals surface area contributed by atoms with Gasteiger partial charge in [0.05, 0.1) is 27.7 Å². The fourth-order valence-corrected chi connectivity index (χ4v) is 4.98. The average Bonchev–Trinajstić information content (AvgIpc) is 2.95. The van der Waals surface area contributed by atoms with Gasteiger partial charge in [0, 0.05) is 12.8 Å². The molecule has 10 heteroatoms. The van der Waals surface area contributed by atoms with Crippen LogP contribution in [0.4, 0.5) is 0 Å². The zero-order valence-corrected chi connectivity index (χ0v) is 29.5. The summed E-state index contributed by atoms with van der Waals surface area (Å²) in [4.78, 5) is 34.8. The van der Waals surface area contributed by atoms with Crippen LogP contribution in [0, 0.1) is 0 Å². The third-order valence-electron chi connectivity index (χ3n) is 7.00. The number of allylic oxidation sites excluding steroid dienone is 4. The van der Waals surface area contributed by atoms with Crippen molar-refractivity contribution in [3.63, 3.8) is 0 Å². The molecule has 258 valence electrons. The van der Waals surface area contributed by atoms with E-state index < -0.39 is 32.5 Å². The highest BCUT2D eigenvalue weighted by atomic mass is 31.2. The van der Waals surface area contributed by atoms with Gasteiger partial charge in [-0.3, -0.25) is 18.6 Å². The molecule has 0 radical (unpaired) electrons. The molecule has 0 aromatic heterocycles. The fraction of sp³-hybridized carbons (Fsp3) is 0.824. The van der Waals surface area contributed by atoms with E-state index >= 15 is 0 Å². The number of carbonyl (C=O) groups is 2. The number of ether oxygens (including phenoxy) is 2. The molecule has 0 amide bonds. The Balaban J connectivity index is 4.58. The molecular formula is C34H65NO8P+. The Bertz CT molecular complexity index is 825. The van der Waals surface area contributed by atoms with Crippen LogP contribution in [0.2, 0.25) is 0 Å². The minimum atomic E-state index is -4.37. The summed E-state index contributed by atoms with van der Waals surface area (Å²) in [5.74, 6) is -0.887. The molecule has 0 saturated carbocycles. The number of likely N-dealkylation sites (N-methyl/N-ethyl adjacent to an activating group) is 1. The second kappa shape index (κ2) is 27.8. The standard InChI is InChI=1S/C34H64NO8P/c1-6-8-10-12-14-15-16-17-18-19-21-23-25-27-34(37)43-32(31-42-44(38,39)41-29-28-35(3,4)5)30-40-33(36)26-24-22-20-13-11-9-7-2/h17-18,21,23,32H,6-16,19-20,22,24-31H2,1-5H3/p+1/b18-17+,23-21+. The van der Waals surface area contributed by atoms with Crippen molar-refractivity contribution in [2.24, 2.45) is 0 Å². The van der Waals surface area contributed by atoms with Crippen LogP contribution < -0.4 is 0 Å². The maximum atomic E-state index is 12.5. The molecule has 0 rings (SSSR count). The second-order valence-electron chi connectivity index (χ2n) is 12.6. The van der Waals surface area contributed by atoms with E-state index in [4.69, 9.17) is 18.5 Å². The Morgan fingerprint density at radius 3 is 1.89 bits per heavy atom. The first-order chi connectivity index (χ1) is 21.0. The molecule has 0 aromatic rings. The number of hydrogen-bond acceptors (Lipinski definition) is 7. The van der Waals surface area contributed by atoms with Gasteiger partial charge < -0.3 is 18.9 Å². The lowest BCUT2D eigenvalue weighted by atomic mass is 10.1. The van der Waals surface area contributed by atoms with E-state index in [1.807, 2.05) is 33.3 Å². The molecule has 0 spiro atoms. The maximum absolute atomic E-state index is 12.5. The average molecular weight is 647 g/mol. The predicted molar refractivity (Wildman–Crippen MR) is 178 cm³/mol. The van der Waals surface area contributed by atoms with Crippen molar-refractivity contribution in [3.8, 4) is 0 Å². The quantitative estimate of drug-likeness (QED) is 0.0272. The Hall–Kier alpha value is -1.51. The highest BCUT2D eigenvalue weighted by molar-refractivity contribution is 7.47. The van der Waals surface area contributed by atoms with Gasteiger partial charge in [0.15, 0.2) is 6.10 Å². The van der Waals surface area contributed by atoms with Crippen molar-refractivity contribution < 1.29 is 42.1 Å². The minimum Gasteiger partial charge on any atom is -0.462 e. The minimum absolute atomic E-state index is 0.0235. The molecule has 2 unspecified atom stereocenters. The van der Waals surface area contributed by atoms with E-state index in [1.165, 1.54) is 64.2 Å². The van der Waals surface area contributed by atoms with Gasteiger partial charge in [0.25, 0.3) is 0 Å². The molecule has 0 aliphatic rings. The lowest BCUT2D eigenvalue weighted by molar-refractivity contribution is -0.870. The summed E-state index contributed by atoms with van der Waals surface area (Å²) < 4.78 is 33.8. The molecular weight excluding hydrogens is 581 g/mol. The molecule has 44 heavy (non-hydrogen) atoms. The van der Waals surface area contributed by atoms with E-state index in [9.17, 15) is 19.0 Å². The molecule has 0 aromatic carbocycles. The van der Waals surface area contributed by atoms with Gasteiger partial charge in [-0.05, 0) is 32.1 Å². The van der Waals surface area contributed by atoms with Crippen molar-refractivity contribution in [2.75, 3.05) is 47.5 Å². The number of quaternary nitrogens is 1. The van der Waals surface area contributed by atoms with Crippen LogP contribution in [0.5, 0.6) is 0 Å². The topological polar surface area (TPSA) is 108 Å². The summed E-state index contributed by atoms with van der Waals surface area (Å²) in [5, 5.41) is 0. The van der Waals surface area contributed by atoms with Crippen LogP contribution in [-0.2, 0) is 32.7 Å². The molecule has 0 bridgehead atoms. The van der Waals surface area contributed by atoms with Crippen LogP contribution in [0.3, 0.4) is 0 Å². The van der Waals surface area contributed by atoms with Crippen molar-refractivity contribution in [1.29, 1.82) is 0 Å². The normalized spacial score (nSPS) is 14.2. The zero-order valence-electron chi connectivity index (χ0n) is 28.6. The molecule has 0 aliphatic heterocycles. The number of phosphoric ester groups is 1. The fourth-order valence-electron chi connectivity index (χ4n) is 4.24. The third-order valence-corrected chi connectivity index (χ3v) is 7.98. The summed E-state index contributed by atoms with van der Waals surface area (Å²) in [6.45, 7) is 4.26. The summed E-state index contributed by atoms with van der Waals surface area (Å²) in [6.07, 6.45) is 25.5. The Morgan fingerprint density at radius 2 is 1.27 bits per heavy atom. The molecule has 1 N–H and O–H groups in total. The lowest BCUT2D eigenvalue weighted by Gasteiger charge is -2.24. The zero-order chi connectivity index (χ0) is 32.9. The van der Waals surface area contributed by atoms with Crippen molar-refractivity contribution in [3.05, 3.63) is 24.3 Å².